The number of methoxy groups -OCH3 is 1. The Labute approximate surface area is 125 Å². The Kier molecular flexibility index (Phi) is 5.31. The standard InChI is InChI=1S/C16H23NO4/c1-3-21-16(19)11-5-4-6-12(9-11)17-13-7-8-15(20-2)14(18)10-13/h7-8,10-12,17-18H,3-6,9H2,1-2H3. The van der Waals surface area contributed by atoms with Gasteiger partial charge in [0.05, 0.1) is 19.6 Å². The summed E-state index contributed by atoms with van der Waals surface area (Å²) in [6, 6.07) is 5.46. The van der Waals surface area contributed by atoms with Crippen LogP contribution in [0.15, 0.2) is 18.2 Å². The zero-order valence-corrected chi connectivity index (χ0v) is 12.6. The lowest BCUT2D eigenvalue weighted by molar-refractivity contribution is -0.149. The van der Waals surface area contributed by atoms with Gasteiger partial charge in [0.1, 0.15) is 0 Å². The molecule has 1 aromatic rings. The molecular formula is C16H23NO4. The van der Waals surface area contributed by atoms with Gasteiger partial charge in [0.15, 0.2) is 11.5 Å². The zero-order valence-electron chi connectivity index (χ0n) is 12.6. The molecule has 0 spiro atoms. The van der Waals surface area contributed by atoms with Crippen LogP contribution in [0.4, 0.5) is 5.69 Å². The Balaban J connectivity index is 1.96. The second kappa shape index (κ2) is 7.20. The Morgan fingerprint density at radius 3 is 2.90 bits per heavy atom. The molecule has 1 saturated carbocycles. The van der Waals surface area contributed by atoms with Crippen LogP contribution in [0.5, 0.6) is 11.5 Å². The zero-order chi connectivity index (χ0) is 15.2. The lowest BCUT2D eigenvalue weighted by atomic mass is 9.85. The van der Waals surface area contributed by atoms with Gasteiger partial charge >= 0.3 is 5.97 Å². The Hall–Kier alpha value is -1.91. The first-order chi connectivity index (χ1) is 10.1. The molecule has 2 unspecified atom stereocenters. The molecule has 5 heteroatoms. The van der Waals surface area contributed by atoms with E-state index in [1.54, 1.807) is 12.1 Å². The fraction of sp³-hybridized carbons (Fsp3) is 0.562. The van der Waals surface area contributed by atoms with E-state index in [2.05, 4.69) is 5.32 Å². The second-order valence-electron chi connectivity index (χ2n) is 5.34. The highest BCUT2D eigenvalue weighted by molar-refractivity contribution is 5.72. The predicted molar refractivity (Wildman–Crippen MR) is 80.7 cm³/mol. The summed E-state index contributed by atoms with van der Waals surface area (Å²) in [5.74, 6) is 0.443. The van der Waals surface area contributed by atoms with Crippen molar-refractivity contribution in [3.63, 3.8) is 0 Å². The number of carbonyl (C=O) groups is 1. The number of phenolic OH excluding ortho intramolecular Hbond substituents is 1. The molecule has 1 aliphatic rings. The predicted octanol–water partition coefficient (Wildman–Crippen LogP) is 2.93. The van der Waals surface area contributed by atoms with Crippen molar-refractivity contribution in [2.75, 3.05) is 19.0 Å². The summed E-state index contributed by atoms with van der Waals surface area (Å²) in [7, 11) is 1.52. The Morgan fingerprint density at radius 1 is 1.43 bits per heavy atom. The van der Waals surface area contributed by atoms with Crippen molar-refractivity contribution in [2.45, 2.75) is 38.6 Å². The van der Waals surface area contributed by atoms with Crippen LogP contribution in [-0.4, -0.2) is 30.8 Å². The molecule has 1 aromatic carbocycles. The molecule has 1 fully saturated rings. The number of rotatable bonds is 5. The first kappa shape index (κ1) is 15.5. The topological polar surface area (TPSA) is 67.8 Å². The van der Waals surface area contributed by atoms with Crippen LogP contribution in [-0.2, 0) is 9.53 Å². The van der Waals surface area contributed by atoms with Gasteiger partial charge in [-0.15, -0.1) is 0 Å². The van der Waals surface area contributed by atoms with E-state index in [0.29, 0.717) is 12.4 Å². The van der Waals surface area contributed by atoms with Gasteiger partial charge in [-0.25, -0.2) is 0 Å². The fourth-order valence-electron chi connectivity index (χ4n) is 2.81. The quantitative estimate of drug-likeness (QED) is 0.817. The molecule has 5 nitrogen and oxygen atoms in total. The molecule has 0 saturated heterocycles. The summed E-state index contributed by atoms with van der Waals surface area (Å²) < 4.78 is 10.1. The van der Waals surface area contributed by atoms with E-state index in [-0.39, 0.29) is 23.7 Å². The second-order valence-corrected chi connectivity index (χ2v) is 5.34. The molecule has 0 radical (unpaired) electrons. The third-order valence-electron chi connectivity index (χ3n) is 3.84. The van der Waals surface area contributed by atoms with E-state index < -0.39 is 0 Å². The highest BCUT2D eigenvalue weighted by atomic mass is 16.5. The number of aromatic hydroxyl groups is 1. The van der Waals surface area contributed by atoms with E-state index in [1.165, 1.54) is 7.11 Å². The Morgan fingerprint density at radius 2 is 2.24 bits per heavy atom. The van der Waals surface area contributed by atoms with Gasteiger partial charge in [-0.05, 0) is 38.3 Å². The van der Waals surface area contributed by atoms with Crippen molar-refractivity contribution in [3.8, 4) is 11.5 Å². The molecular weight excluding hydrogens is 270 g/mol. The number of benzene rings is 1. The maximum atomic E-state index is 11.8. The highest BCUT2D eigenvalue weighted by Crippen LogP contribution is 2.31. The number of nitrogens with one attached hydrogen (secondary N) is 1. The average molecular weight is 293 g/mol. The van der Waals surface area contributed by atoms with Crippen LogP contribution < -0.4 is 10.1 Å². The van der Waals surface area contributed by atoms with Crippen molar-refractivity contribution < 1.29 is 19.4 Å². The number of carbonyl (C=O) groups excluding carboxylic acids is 1. The number of hydrogen-bond acceptors (Lipinski definition) is 5. The van der Waals surface area contributed by atoms with E-state index in [4.69, 9.17) is 9.47 Å². The molecule has 0 heterocycles. The highest BCUT2D eigenvalue weighted by Gasteiger charge is 2.28. The molecule has 0 aromatic heterocycles. The third-order valence-corrected chi connectivity index (χ3v) is 3.84. The van der Waals surface area contributed by atoms with Crippen LogP contribution in [0.3, 0.4) is 0 Å². The SMILES string of the molecule is CCOC(=O)C1CCCC(Nc2ccc(OC)c(O)c2)C1. The Bertz CT molecular complexity index is 489. The molecule has 116 valence electrons. The van der Waals surface area contributed by atoms with Gasteiger partial charge in [0.25, 0.3) is 0 Å². The largest absolute Gasteiger partial charge is 0.504 e. The molecule has 0 bridgehead atoms. The summed E-state index contributed by atoms with van der Waals surface area (Å²) in [5, 5.41) is 13.2. The first-order valence-corrected chi connectivity index (χ1v) is 7.44. The van der Waals surface area contributed by atoms with Gasteiger partial charge in [-0.2, -0.15) is 0 Å². The van der Waals surface area contributed by atoms with Crippen molar-refractivity contribution in [3.05, 3.63) is 18.2 Å². The maximum Gasteiger partial charge on any atom is 0.308 e. The van der Waals surface area contributed by atoms with E-state index in [9.17, 15) is 9.90 Å². The summed E-state index contributed by atoms with van der Waals surface area (Å²) in [4.78, 5) is 11.8. The number of hydrogen-bond donors (Lipinski definition) is 2. The number of esters is 1. The van der Waals surface area contributed by atoms with Crippen molar-refractivity contribution in [1.82, 2.24) is 0 Å². The van der Waals surface area contributed by atoms with Crippen LogP contribution in [0.25, 0.3) is 0 Å². The molecule has 21 heavy (non-hydrogen) atoms. The minimum Gasteiger partial charge on any atom is -0.504 e. The summed E-state index contributed by atoms with van der Waals surface area (Å²) in [6.45, 7) is 2.26. The summed E-state index contributed by atoms with van der Waals surface area (Å²) in [6.07, 6.45) is 3.68. The first-order valence-electron chi connectivity index (χ1n) is 7.44. The van der Waals surface area contributed by atoms with E-state index >= 15 is 0 Å². The monoisotopic (exact) mass is 293 g/mol. The van der Waals surface area contributed by atoms with Gasteiger partial charge in [-0.1, -0.05) is 6.42 Å². The van der Waals surface area contributed by atoms with Crippen molar-refractivity contribution >= 4 is 11.7 Å². The average Bonchev–Trinajstić information content (AvgIpc) is 2.48. The molecule has 2 N–H and O–H groups in total. The van der Waals surface area contributed by atoms with Crippen LogP contribution >= 0.6 is 0 Å². The molecule has 2 rings (SSSR count). The van der Waals surface area contributed by atoms with Crippen LogP contribution in [0, 0.1) is 5.92 Å². The molecule has 0 aliphatic heterocycles. The minimum absolute atomic E-state index is 0.0250. The van der Waals surface area contributed by atoms with Crippen LogP contribution in [0.2, 0.25) is 0 Å². The number of phenols is 1. The van der Waals surface area contributed by atoms with Crippen molar-refractivity contribution in [2.24, 2.45) is 5.92 Å². The fourth-order valence-corrected chi connectivity index (χ4v) is 2.81. The number of ether oxygens (including phenoxy) is 2. The molecule has 2 atom stereocenters. The normalized spacial score (nSPS) is 21.6. The van der Waals surface area contributed by atoms with Gasteiger partial charge in [-0.3, -0.25) is 4.79 Å². The van der Waals surface area contributed by atoms with Crippen molar-refractivity contribution in [1.29, 1.82) is 0 Å². The summed E-state index contributed by atoms with van der Waals surface area (Å²) >= 11 is 0. The lowest BCUT2D eigenvalue weighted by Crippen LogP contribution is -2.32. The smallest absolute Gasteiger partial charge is 0.308 e. The van der Waals surface area contributed by atoms with Crippen LogP contribution in [0.1, 0.15) is 32.6 Å². The van der Waals surface area contributed by atoms with E-state index in [1.807, 2.05) is 13.0 Å². The third kappa shape index (κ3) is 4.03. The summed E-state index contributed by atoms with van der Waals surface area (Å²) in [5.41, 5.74) is 0.836. The maximum absolute atomic E-state index is 11.8. The lowest BCUT2D eigenvalue weighted by Gasteiger charge is -2.29. The number of anilines is 1. The minimum atomic E-state index is -0.0958. The molecule has 0 amide bonds. The van der Waals surface area contributed by atoms with E-state index in [0.717, 1.165) is 31.4 Å². The van der Waals surface area contributed by atoms with Gasteiger partial charge in [0, 0.05) is 17.8 Å². The molecule has 1 aliphatic carbocycles. The van der Waals surface area contributed by atoms with Gasteiger partial charge < -0.3 is 19.9 Å². The van der Waals surface area contributed by atoms with Gasteiger partial charge in [0.2, 0.25) is 0 Å².